The quantitative estimate of drug-likeness (QED) is 0.234. The largest absolute Gasteiger partial charge is 0.483 e. The van der Waals surface area contributed by atoms with Crippen LogP contribution in [0.25, 0.3) is 0 Å². The molecule has 0 radical (unpaired) electrons. The van der Waals surface area contributed by atoms with E-state index in [1.165, 1.54) is 35.9 Å². The SMILES string of the molecule is Cc1nn(CCNC(=O)c2ccc(COc3c(F)c(F)cc(F)c3F)cc2)c(C)c1[N+](=O)[O-]. The minimum atomic E-state index is -1.64. The van der Waals surface area contributed by atoms with Gasteiger partial charge in [0.05, 0.1) is 11.5 Å². The van der Waals surface area contributed by atoms with Gasteiger partial charge >= 0.3 is 5.69 Å². The summed E-state index contributed by atoms with van der Waals surface area (Å²) in [7, 11) is 0. The van der Waals surface area contributed by atoms with E-state index in [9.17, 15) is 32.5 Å². The molecule has 1 aromatic heterocycles. The van der Waals surface area contributed by atoms with Crippen molar-refractivity contribution in [2.24, 2.45) is 0 Å². The molecule has 1 heterocycles. The van der Waals surface area contributed by atoms with Gasteiger partial charge in [0.1, 0.15) is 18.0 Å². The number of hydrogen-bond donors (Lipinski definition) is 1. The van der Waals surface area contributed by atoms with Crippen LogP contribution in [0.1, 0.15) is 27.3 Å². The molecule has 0 aliphatic heterocycles. The van der Waals surface area contributed by atoms with E-state index in [0.717, 1.165) is 0 Å². The summed E-state index contributed by atoms with van der Waals surface area (Å²) in [6.07, 6.45) is 0. The minimum absolute atomic E-state index is 0.0696. The highest BCUT2D eigenvalue weighted by Gasteiger charge is 2.22. The Morgan fingerprint density at radius 2 is 1.73 bits per heavy atom. The fraction of sp³-hybridized carbons (Fsp3) is 0.238. The van der Waals surface area contributed by atoms with Crippen LogP contribution < -0.4 is 10.1 Å². The molecule has 12 heteroatoms. The Bertz CT molecular complexity index is 1190. The molecule has 8 nitrogen and oxygen atoms in total. The van der Waals surface area contributed by atoms with Crippen molar-refractivity contribution in [2.75, 3.05) is 6.54 Å². The number of nitrogens with one attached hydrogen (secondary N) is 1. The Hall–Kier alpha value is -3.96. The monoisotopic (exact) mass is 466 g/mol. The van der Waals surface area contributed by atoms with Crippen molar-refractivity contribution in [2.45, 2.75) is 27.0 Å². The summed E-state index contributed by atoms with van der Waals surface area (Å²) < 4.78 is 60.1. The van der Waals surface area contributed by atoms with E-state index >= 15 is 0 Å². The first-order valence-corrected chi connectivity index (χ1v) is 9.61. The van der Waals surface area contributed by atoms with Crippen LogP contribution in [0, 0.1) is 47.2 Å². The molecule has 174 valence electrons. The summed E-state index contributed by atoms with van der Waals surface area (Å²) in [5.74, 6) is -8.03. The molecule has 0 aliphatic carbocycles. The lowest BCUT2D eigenvalue weighted by Gasteiger charge is -2.10. The number of carbonyl (C=O) groups excluding carboxylic acids is 1. The highest BCUT2D eigenvalue weighted by Crippen LogP contribution is 2.27. The number of benzene rings is 2. The highest BCUT2D eigenvalue weighted by molar-refractivity contribution is 5.94. The zero-order valence-electron chi connectivity index (χ0n) is 17.5. The maximum Gasteiger partial charge on any atom is 0.312 e. The van der Waals surface area contributed by atoms with Gasteiger partial charge in [-0.1, -0.05) is 12.1 Å². The van der Waals surface area contributed by atoms with Crippen LogP contribution in [0.2, 0.25) is 0 Å². The van der Waals surface area contributed by atoms with Gasteiger partial charge in [-0.3, -0.25) is 19.6 Å². The number of halogens is 4. The van der Waals surface area contributed by atoms with E-state index in [1.54, 1.807) is 6.92 Å². The number of nitrogens with zero attached hydrogens (tertiary/aromatic N) is 3. The fourth-order valence-electron chi connectivity index (χ4n) is 3.13. The topological polar surface area (TPSA) is 99.3 Å². The van der Waals surface area contributed by atoms with Crippen molar-refractivity contribution in [3.05, 3.63) is 86.2 Å². The van der Waals surface area contributed by atoms with Gasteiger partial charge < -0.3 is 10.1 Å². The smallest absolute Gasteiger partial charge is 0.312 e. The third kappa shape index (κ3) is 5.10. The van der Waals surface area contributed by atoms with Gasteiger partial charge in [-0.2, -0.15) is 13.9 Å². The number of aryl methyl sites for hydroxylation is 1. The first-order chi connectivity index (χ1) is 15.6. The van der Waals surface area contributed by atoms with Crippen LogP contribution in [0.3, 0.4) is 0 Å². The van der Waals surface area contributed by atoms with E-state index in [-0.39, 0.29) is 36.1 Å². The summed E-state index contributed by atoms with van der Waals surface area (Å²) >= 11 is 0. The molecule has 1 N–H and O–H groups in total. The number of nitro groups is 1. The zero-order chi connectivity index (χ0) is 24.3. The second-order valence-electron chi connectivity index (χ2n) is 7.04. The molecule has 0 aliphatic rings. The Morgan fingerprint density at radius 1 is 1.12 bits per heavy atom. The van der Waals surface area contributed by atoms with E-state index in [4.69, 9.17) is 4.74 Å². The lowest BCUT2D eigenvalue weighted by atomic mass is 10.1. The normalized spacial score (nSPS) is 10.8. The van der Waals surface area contributed by atoms with E-state index in [2.05, 4.69) is 10.4 Å². The predicted molar refractivity (Wildman–Crippen MR) is 108 cm³/mol. The Morgan fingerprint density at radius 3 is 2.27 bits per heavy atom. The van der Waals surface area contributed by atoms with Crippen molar-refractivity contribution >= 4 is 11.6 Å². The molecular formula is C21H18F4N4O4. The summed E-state index contributed by atoms with van der Waals surface area (Å²) in [5, 5.41) is 17.8. The predicted octanol–water partition coefficient (Wildman–Crippen LogP) is 3.97. The summed E-state index contributed by atoms with van der Waals surface area (Å²) in [4.78, 5) is 22.8. The van der Waals surface area contributed by atoms with Crippen molar-refractivity contribution in [3.63, 3.8) is 0 Å². The molecule has 0 unspecified atom stereocenters. The number of carbonyl (C=O) groups is 1. The Kier molecular flexibility index (Phi) is 6.95. The summed E-state index contributed by atoms with van der Waals surface area (Å²) in [6.45, 7) is 3.08. The maximum atomic E-state index is 13.6. The van der Waals surface area contributed by atoms with E-state index in [1.807, 2.05) is 0 Å². The molecular weight excluding hydrogens is 448 g/mol. The van der Waals surface area contributed by atoms with Crippen LogP contribution in [0.15, 0.2) is 30.3 Å². The standard InChI is InChI=1S/C21H18F4N4O4/c1-11-19(29(31)32)12(2)28(27-11)8-7-26-21(30)14-5-3-13(4-6-14)10-33-20-17(24)15(22)9-16(23)18(20)25/h3-6,9H,7-8,10H2,1-2H3,(H,26,30). The molecule has 3 aromatic rings. The van der Waals surface area contributed by atoms with E-state index in [0.29, 0.717) is 11.3 Å². The molecule has 0 bridgehead atoms. The zero-order valence-corrected chi connectivity index (χ0v) is 17.5. The third-order valence-corrected chi connectivity index (χ3v) is 4.81. The average Bonchev–Trinajstić information content (AvgIpc) is 3.05. The van der Waals surface area contributed by atoms with Gasteiger partial charge in [0.2, 0.25) is 11.6 Å². The molecule has 1 amide bonds. The second-order valence-corrected chi connectivity index (χ2v) is 7.04. The molecule has 0 saturated carbocycles. The van der Waals surface area contributed by atoms with Crippen LogP contribution >= 0.6 is 0 Å². The first kappa shape index (κ1) is 23.7. The van der Waals surface area contributed by atoms with Gasteiger partial charge in [0.25, 0.3) is 5.91 Å². The lowest BCUT2D eigenvalue weighted by Crippen LogP contribution is -2.27. The average molecular weight is 466 g/mol. The van der Waals surface area contributed by atoms with Crippen LogP contribution in [-0.2, 0) is 13.2 Å². The maximum absolute atomic E-state index is 13.6. The molecule has 0 spiro atoms. The number of rotatable bonds is 8. The molecule has 33 heavy (non-hydrogen) atoms. The van der Waals surface area contributed by atoms with E-state index < -0.39 is 46.5 Å². The summed E-state index contributed by atoms with van der Waals surface area (Å²) in [6, 6.07) is 5.85. The number of hydrogen-bond acceptors (Lipinski definition) is 5. The molecule has 3 rings (SSSR count). The van der Waals surface area contributed by atoms with Crippen LogP contribution in [0.5, 0.6) is 5.75 Å². The number of ether oxygens (including phenoxy) is 1. The van der Waals surface area contributed by atoms with Crippen molar-refractivity contribution in [1.29, 1.82) is 0 Å². The molecule has 0 saturated heterocycles. The third-order valence-electron chi connectivity index (χ3n) is 4.81. The van der Waals surface area contributed by atoms with Gasteiger partial charge in [-0.05, 0) is 31.5 Å². The van der Waals surface area contributed by atoms with Crippen molar-refractivity contribution in [3.8, 4) is 5.75 Å². The van der Waals surface area contributed by atoms with Gasteiger partial charge in [0.15, 0.2) is 17.4 Å². The van der Waals surface area contributed by atoms with Crippen LogP contribution in [0.4, 0.5) is 23.2 Å². The van der Waals surface area contributed by atoms with Gasteiger partial charge in [-0.25, -0.2) is 8.78 Å². The molecule has 2 aromatic carbocycles. The Balaban J connectivity index is 1.57. The number of aromatic nitrogens is 2. The van der Waals surface area contributed by atoms with Gasteiger partial charge in [-0.15, -0.1) is 0 Å². The Labute approximate surface area is 184 Å². The molecule has 0 atom stereocenters. The lowest BCUT2D eigenvalue weighted by molar-refractivity contribution is -0.386. The molecule has 0 fully saturated rings. The second kappa shape index (κ2) is 9.67. The van der Waals surface area contributed by atoms with Gasteiger partial charge in [0, 0.05) is 18.2 Å². The summed E-state index contributed by atoms with van der Waals surface area (Å²) in [5.41, 5.74) is 1.25. The van der Waals surface area contributed by atoms with Crippen LogP contribution in [-0.4, -0.2) is 27.2 Å². The van der Waals surface area contributed by atoms with Crippen molar-refractivity contribution in [1.82, 2.24) is 15.1 Å². The highest BCUT2D eigenvalue weighted by atomic mass is 19.2. The number of amides is 1. The fourth-order valence-corrected chi connectivity index (χ4v) is 3.13. The minimum Gasteiger partial charge on any atom is -0.483 e. The first-order valence-electron chi connectivity index (χ1n) is 9.61. The van der Waals surface area contributed by atoms with Crippen molar-refractivity contribution < 1.29 is 32.0 Å².